The van der Waals surface area contributed by atoms with Gasteiger partial charge in [0.25, 0.3) is 0 Å². The molecular formula is C18H12ClN5OS. The highest BCUT2D eigenvalue weighted by atomic mass is 35.5. The van der Waals surface area contributed by atoms with Gasteiger partial charge in [-0.05, 0) is 48.5 Å². The van der Waals surface area contributed by atoms with E-state index in [1.807, 2.05) is 24.3 Å². The predicted octanol–water partition coefficient (Wildman–Crippen LogP) is 3.81. The summed E-state index contributed by atoms with van der Waals surface area (Å²) >= 11 is 7.15. The normalized spacial score (nSPS) is 11.0. The number of hydrogen-bond donors (Lipinski definition) is 0. The first-order valence-electron chi connectivity index (χ1n) is 7.75. The fraction of sp³-hybridized carbons (Fsp3) is 0.0556. The number of Topliss-reactive ketones (excluding diaryl/α,β-unsaturated/α-hetero) is 1. The SMILES string of the molecule is O=C(CSc1nnc2ccc(-c3cccnc3)nn12)c1ccc(Cl)cc1. The first kappa shape index (κ1) is 16.7. The topological polar surface area (TPSA) is 73.0 Å². The van der Waals surface area contributed by atoms with Crippen LogP contribution in [-0.4, -0.2) is 36.3 Å². The Balaban J connectivity index is 1.57. The molecule has 0 unspecified atom stereocenters. The molecule has 3 aromatic heterocycles. The molecule has 0 saturated carbocycles. The van der Waals surface area contributed by atoms with Crippen LogP contribution in [0.2, 0.25) is 5.02 Å². The molecule has 0 N–H and O–H groups in total. The number of ketones is 1. The number of thioether (sulfide) groups is 1. The smallest absolute Gasteiger partial charge is 0.212 e. The van der Waals surface area contributed by atoms with E-state index in [2.05, 4.69) is 20.3 Å². The average molecular weight is 382 g/mol. The number of fused-ring (bicyclic) bond motifs is 1. The van der Waals surface area contributed by atoms with Crippen molar-refractivity contribution >= 4 is 34.8 Å². The van der Waals surface area contributed by atoms with Crippen LogP contribution in [0.1, 0.15) is 10.4 Å². The second-order valence-electron chi connectivity index (χ2n) is 5.43. The van der Waals surface area contributed by atoms with Crippen LogP contribution in [0.5, 0.6) is 0 Å². The van der Waals surface area contributed by atoms with Crippen LogP contribution in [0.25, 0.3) is 16.9 Å². The molecule has 0 fully saturated rings. The second kappa shape index (κ2) is 7.23. The van der Waals surface area contributed by atoms with Crippen molar-refractivity contribution in [2.24, 2.45) is 0 Å². The molecule has 0 spiro atoms. The van der Waals surface area contributed by atoms with Gasteiger partial charge in [-0.2, -0.15) is 9.61 Å². The molecule has 1 aromatic carbocycles. The Morgan fingerprint density at radius 2 is 1.92 bits per heavy atom. The van der Waals surface area contributed by atoms with Gasteiger partial charge in [0.2, 0.25) is 5.16 Å². The van der Waals surface area contributed by atoms with Crippen molar-refractivity contribution in [3.8, 4) is 11.3 Å². The molecule has 0 atom stereocenters. The lowest BCUT2D eigenvalue weighted by molar-refractivity contribution is 0.102. The van der Waals surface area contributed by atoms with Gasteiger partial charge in [-0.25, -0.2) is 0 Å². The molecule has 26 heavy (non-hydrogen) atoms. The van der Waals surface area contributed by atoms with Crippen molar-refractivity contribution in [3.63, 3.8) is 0 Å². The van der Waals surface area contributed by atoms with Crippen LogP contribution in [0.3, 0.4) is 0 Å². The third kappa shape index (κ3) is 3.44. The largest absolute Gasteiger partial charge is 0.293 e. The zero-order valence-corrected chi connectivity index (χ0v) is 15.0. The van der Waals surface area contributed by atoms with E-state index in [4.69, 9.17) is 11.6 Å². The van der Waals surface area contributed by atoms with E-state index in [1.54, 1.807) is 41.2 Å². The van der Waals surface area contributed by atoms with Gasteiger partial charge >= 0.3 is 0 Å². The molecule has 0 radical (unpaired) electrons. The minimum atomic E-state index is -0.00756. The number of rotatable bonds is 5. The lowest BCUT2D eigenvalue weighted by Gasteiger charge is -2.03. The van der Waals surface area contributed by atoms with Crippen molar-refractivity contribution in [1.82, 2.24) is 24.8 Å². The van der Waals surface area contributed by atoms with Crippen molar-refractivity contribution in [1.29, 1.82) is 0 Å². The highest BCUT2D eigenvalue weighted by molar-refractivity contribution is 7.99. The van der Waals surface area contributed by atoms with Gasteiger partial charge in [0.15, 0.2) is 11.4 Å². The van der Waals surface area contributed by atoms with Gasteiger partial charge in [-0.15, -0.1) is 10.2 Å². The third-order valence-electron chi connectivity index (χ3n) is 3.69. The molecule has 0 bridgehead atoms. The molecule has 0 aliphatic carbocycles. The molecule has 6 nitrogen and oxygen atoms in total. The third-order valence-corrected chi connectivity index (χ3v) is 4.86. The zero-order valence-electron chi connectivity index (χ0n) is 13.4. The van der Waals surface area contributed by atoms with E-state index < -0.39 is 0 Å². The number of carbonyl (C=O) groups excluding carboxylic acids is 1. The van der Waals surface area contributed by atoms with Crippen molar-refractivity contribution in [3.05, 3.63) is 71.5 Å². The lowest BCUT2D eigenvalue weighted by atomic mass is 10.1. The average Bonchev–Trinajstić information content (AvgIpc) is 3.09. The maximum atomic E-state index is 12.3. The number of hydrogen-bond acceptors (Lipinski definition) is 6. The van der Waals surface area contributed by atoms with Gasteiger partial charge in [0.05, 0.1) is 11.4 Å². The van der Waals surface area contributed by atoms with Crippen molar-refractivity contribution in [2.45, 2.75) is 5.16 Å². The van der Waals surface area contributed by atoms with Gasteiger partial charge in [0, 0.05) is 28.5 Å². The fourth-order valence-corrected chi connectivity index (χ4v) is 3.28. The summed E-state index contributed by atoms with van der Waals surface area (Å²) < 4.78 is 1.64. The summed E-state index contributed by atoms with van der Waals surface area (Å²) in [5.74, 6) is 0.230. The summed E-state index contributed by atoms with van der Waals surface area (Å²) in [5.41, 5.74) is 2.89. The Bertz CT molecular complexity index is 1070. The van der Waals surface area contributed by atoms with E-state index in [0.717, 1.165) is 11.3 Å². The maximum Gasteiger partial charge on any atom is 0.212 e. The first-order chi connectivity index (χ1) is 12.7. The summed E-state index contributed by atoms with van der Waals surface area (Å²) in [6.45, 7) is 0. The highest BCUT2D eigenvalue weighted by Gasteiger charge is 2.13. The summed E-state index contributed by atoms with van der Waals surface area (Å²) in [6, 6.07) is 14.3. The first-order valence-corrected chi connectivity index (χ1v) is 9.11. The molecule has 4 aromatic rings. The van der Waals surface area contributed by atoms with Crippen molar-refractivity contribution in [2.75, 3.05) is 5.75 Å². The van der Waals surface area contributed by atoms with Gasteiger partial charge in [-0.1, -0.05) is 23.4 Å². The molecule has 0 saturated heterocycles. The molecule has 0 aliphatic heterocycles. The van der Waals surface area contributed by atoms with Crippen LogP contribution in [-0.2, 0) is 0 Å². The Hall–Kier alpha value is -2.77. The predicted molar refractivity (Wildman–Crippen MR) is 101 cm³/mol. The maximum absolute atomic E-state index is 12.3. The summed E-state index contributed by atoms with van der Waals surface area (Å²) in [4.78, 5) is 16.4. The standard InChI is InChI=1S/C18H12ClN5OS/c19-14-5-3-12(4-6-14)16(25)11-26-18-22-21-17-8-7-15(23-24(17)18)13-2-1-9-20-10-13/h1-10H,11H2. The van der Waals surface area contributed by atoms with Gasteiger partial charge in [0.1, 0.15) is 0 Å². The molecule has 128 valence electrons. The Kier molecular flexibility index (Phi) is 4.64. The van der Waals surface area contributed by atoms with Crippen LogP contribution in [0.4, 0.5) is 0 Å². The molecule has 8 heteroatoms. The number of benzene rings is 1. The Morgan fingerprint density at radius 3 is 2.69 bits per heavy atom. The minimum absolute atomic E-state index is 0.00756. The van der Waals surface area contributed by atoms with E-state index in [0.29, 0.717) is 21.4 Å². The van der Waals surface area contributed by atoms with E-state index in [-0.39, 0.29) is 11.5 Å². The summed E-state index contributed by atoms with van der Waals surface area (Å²) in [6.07, 6.45) is 3.46. The molecule has 3 heterocycles. The molecule has 0 aliphatic rings. The molecule has 0 amide bonds. The van der Waals surface area contributed by atoms with E-state index in [1.165, 1.54) is 11.8 Å². The summed E-state index contributed by atoms with van der Waals surface area (Å²) in [7, 11) is 0. The van der Waals surface area contributed by atoms with E-state index in [9.17, 15) is 4.79 Å². The number of halogens is 1. The minimum Gasteiger partial charge on any atom is -0.293 e. The second-order valence-corrected chi connectivity index (χ2v) is 6.81. The fourth-order valence-electron chi connectivity index (χ4n) is 2.38. The van der Waals surface area contributed by atoms with Crippen LogP contribution in [0.15, 0.2) is 66.1 Å². The number of carbonyl (C=O) groups is 1. The quantitative estimate of drug-likeness (QED) is 0.386. The van der Waals surface area contributed by atoms with Crippen molar-refractivity contribution < 1.29 is 4.79 Å². The Labute approximate surface area is 158 Å². The van der Waals surface area contributed by atoms with Crippen LogP contribution < -0.4 is 0 Å². The van der Waals surface area contributed by atoms with Crippen LogP contribution in [0, 0.1) is 0 Å². The Morgan fingerprint density at radius 1 is 1.08 bits per heavy atom. The molecular weight excluding hydrogens is 370 g/mol. The van der Waals surface area contributed by atoms with Crippen LogP contribution >= 0.6 is 23.4 Å². The zero-order chi connectivity index (χ0) is 17.9. The number of pyridine rings is 1. The number of nitrogens with zero attached hydrogens (tertiary/aromatic N) is 5. The molecule has 4 rings (SSSR count). The highest BCUT2D eigenvalue weighted by Crippen LogP contribution is 2.21. The van der Waals surface area contributed by atoms with Gasteiger partial charge in [-0.3, -0.25) is 9.78 Å². The summed E-state index contributed by atoms with van der Waals surface area (Å²) in [5, 5.41) is 14.0. The lowest BCUT2D eigenvalue weighted by Crippen LogP contribution is -2.03. The number of aromatic nitrogens is 5. The monoisotopic (exact) mass is 381 g/mol. The van der Waals surface area contributed by atoms with Gasteiger partial charge < -0.3 is 0 Å². The van der Waals surface area contributed by atoms with E-state index >= 15 is 0 Å².